The van der Waals surface area contributed by atoms with Crippen LogP contribution in [-0.4, -0.2) is 12.4 Å². The fourth-order valence-corrected chi connectivity index (χ4v) is 2.83. The van der Waals surface area contributed by atoms with Crippen LogP contribution in [0.2, 0.25) is 0 Å². The van der Waals surface area contributed by atoms with Crippen molar-refractivity contribution in [2.75, 3.05) is 0 Å². The Hall–Kier alpha value is -2.54. The molecule has 0 nitrogen and oxygen atoms in total. The third kappa shape index (κ3) is 2.98. The Bertz CT molecular complexity index is 945. The number of hydrogen-bond acceptors (Lipinski definition) is 0. The summed E-state index contributed by atoms with van der Waals surface area (Å²) in [6.45, 7) is 0.229. The van der Waals surface area contributed by atoms with Crippen molar-refractivity contribution in [3.8, 4) is 0 Å². The van der Waals surface area contributed by atoms with Gasteiger partial charge in [-0.15, -0.1) is 0 Å². The molecule has 2 aromatic carbocycles. The summed E-state index contributed by atoms with van der Waals surface area (Å²) in [4.78, 5) is 0. The molecule has 0 saturated heterocycles. The molecule has 0 aromatic heterocycles. The Morgan fingerprint density at radius 2 is 0.800 bits per heavy atom. The van der Waals surface area contributed by atoms with E-state index in [1.807, 2.05) is 0 Å². The molecule has 0 aliphatic rings. The zero-order valence-corrected chi connectivity index (χ0v) is 13.9. The molecular formula is C16H4F14. The Morgan fingerprint density at radius 1 is 0.500 bits per heavy atom. The molecule has 2 rings (SSSR count). The maximum absolute atomic E-state index is 14.2. The van der Waals surface area contributed by atoms with Crippen LogP contribution in [0.1, 0.15) is 16.7 Å². The molecule has 0 heterocycles. The molecule has 0 aliphatic carbocycles. The summed E-state index contributed by atoms with van der Waals surface area (Å²) in [5, 5.41) is 0. The van der Waals surface area contributed by atoms with Gasteiger partial charge in [0.25, 0.3) is 0 Å². The number of rotatable bonds is 2. The fraction of sp³-hybridized carbons (Fsp3) is 0.250. The number of alkyl halides is 6. The molecule has 0 N–H and O–H groups in total. The van der Waals surface area contributed by atoms with E-state index in [0.29, 0.717) is 0 Å². The fourth-order valence-electron chi connectivity index (χ4n) is 2.83. The van der Waals surface area contributed by atoms with Crippen LogP contribution in [0, 0.1) is 53.5 Å². The van der Waals surface area contributed by atoms with Crippen molar-refractivity contribution in [1.82, 2.24) is 0 Å². The highest BCUT2D eigenvalue weighted by Gasteiger charge is 2.76. The van der Waals surface area contributed by atoms with Crippen molar-refractivity contribution < 1.29 is 61.5 Å². The first kappa shape index (κ1) is 23.7. The van der Waals surface area contributed by atoms with Crippen molar-refractivity contribution in [3.05, 3.63) is 69.3 Å². The highest BCUT2D eigenvalue weighted by atomic mass is 19.4. The zero-order chi connectivity index (χ0) is 23.6. The molecule has 0 saturated carbocycles. The van der Waals surface area contributed by atoms with E-state index in [9.17, 15) is 61.5 Å². The van der Waals surface area contributed by atoms with Gasteiger partial charge in [-0.3, -0.25) is 0 Å². The molecule has 0 aliphatic heterocycles. The maximum atomic E-state index is 14.2. The second-order valence-corrected chi connectivity index (χ2v) is 5.84. The summed E-state index contributed by atoms with van der Waals surface area (Å²) in [7, 11) is 0. The van der Waals surface area contributed by atoms with Gasteiger partial charge in [0.2, 0.25) is 5.41 Å². The van der Waals surface area contributed by atoms with Gasteiger partial charge in [0.1, 0.15) is 0 Å². The summed E-state index contributed by atoms with van der Waals surface area (Å²) in [5.74, 6) is -24.5. The molecule has 2 aromatic rings. The smallest absolute Gasteiger partial charge is 0.204 e. The second-order valence-electron chi connectivity index (χ2n) is 5.84. The van der Waals surface area contributed by atoms with Gasteiger partial charge in [0.05, 0.1) is 11.1 Å². The third-order valence-corrected chi connectivity index (χ3v) is 4.20. The minimum Gasteiger partial charge on any atom is -0.204 e. The predicted molar refractivity (Wildman–Crippen MR) is 70.2 cm³/mol. The Labute approximate surface area is 156 Å². The highest BCUT2D eigenvalue weighted by Crippen LogP contribution is 2.59. The van der Waals surface area contributed by atoms with Crippen LogP contribution in [0.4, 0.5) is 61.5 Å². The molecule has 30 heavy (non-hydrogen) atoms. The van der Waals surface area contributed by atoms with Crippen molar-refractivity contribution in [3.63, 3.8) is 0 Å². The molecule has 0 unspecified atom stereocenters. The van der Waals surface area contributed by atoms with Crippen LogP contribution >= 0.6 is 0 Å². The van der Waals surface area contributed by atoms with Gasteiger partial charge in [0.15, 0.2) is 46.5 Å². The van der Waals surface area contributed by atoms with E-state index < -0.39 is 87.1 Å². The van der Waals surface area contributed by atoms with E-state index in [1.165, 1.54) is 0 Å². The molecule has 0 radical (unpaired) electrons. The standard InChI is InChI=1S/C16H4F14/c1-3-8(19)12(23)7(13(24)9(3)20)14(15(25,26)27,16(28,29)30)6-10(21)4(17)2-5(18)11(6)22/h2H,1H3. The molecule has 14 heteroatoms. The van der Waals surface area contributed by atoms with E-state index in [4.69, 9.17) is 0 Å². The Morgan fingerprint density at radius 3 is 1.10 bits per heavy atom. The molecule has 0 amide bonds. The van der Waals surface area contributed by atoms with E-state index in [2.05, 4.69) is 0 Å². The molecular weight excluding hydrogens is 458 g/mol. The number of benzene rings is 2. The monoisotopic (exact) mass is 462 g/mol. The average Bonchev–Trinajstić information content (AvgIpc) is 2.59. The van der Waals surface area contributed by atoms with E-state index in [1.54, 1.807) is 0 Å². The molecule has 166 valence electrons. The normalized spacial score (nSPS) is 13.2. The zero-order valence-electron chi connectivity index (χ0n) is 13.9. The van der Waals surface area contributed by atoms with E-state index in [0.717, 1.165) is 0 Å². The first-order valence-electron chi connectivity index (χ1n) is 7.22. The quantitative estimate of drug-likeness (QED) is 0.352. The lowest BCUT2D eigenvalue weighted by atomic mass is 9.71. The van der Waals surface area contributed by atoms with Crippen LogP contribution in [-0.2, 0) is 5.41 Å². The summed E-state index contributed by atoms with van der Waals surface area (Å²) in [5.41, 5.74) is -15.5. The van der Waals surface area contributed by atoms with Gasteiger partial charge >= 0.3 is 12.4 Å². The van der Waals surface area contributed by atoms with Crippen molar-refractivity contribution in [1.29, 1.82) is 0 Å². The van der Waals surface area contributed by atoms with Crippen LogP contribution in [0.25, 0.3) is 0 Å². The molecule has 0 spiro atoms. The first-order chi connectivity index (χ1) is 13.4. The van der Waals surface area contributed by atoms with Crippen molar-refractivity contribution in [2.24, 2.45) is 0 Å². The lowest BCUT2D eigenvalue weighted by molar-refractivity contribution is -0.291. The minimum atomic E-state index is -7.22. The summed E-state index contributed by atoms with van der Waals surface area (Å²) in [6, 6.07) is -0.783. The van der Waals surface area contributed by atoms with Gasteiger partial charge in [0, 0.05) is 11.6 Å². The average molecular weight is 462 g/mol. The van der Waals surface area contributed by atoms with Crippen LogP contribution in [0.3, 0.4) is 0 Å². The van der Waals surface area contributed by atoms with Gasteiger partial charge in [-0.1, -0.05) is 0 Å². The lowest BCUT2D eigenvalue weighted by Crippen LogP contribution is -2.57. The van der Waals surface area contributed by atoms with E-state index in [-0.39, 0.29) is 6.92 Å². The van der Waals surface area contributed by atoms with Gasteiger partial charge in [-0.05, 0) is 6.92 Å². The Balaban J connectivity index is 3.38. The highest BCUT2D eigenvalue weighted by molar-refractivity contribution is 5.48. The summed E-state index contributed by atoms with van der Waals surface area (Å²) < 4.78 is 193. The van der Waals surface area contributed by atoms with Crippen molar-refractivity contribution >= 4 is 0 Å². The number of hydrogen-bond donors (Lipinski definition) is 0. The maximum Gasteiger partial charge on any atom is 0.411 e. The van der Waals surface area contributed by atoms with Crippen LogP contribution in [0.15, 0.2) is 6.07 Å². The van der Waals surface area contributed by atoms with Gasteiger partial charge < -0.3 is 0 Å². The van der Waals surface area contributed by atoms with Crippen LogP contribution < -0.4 is 0 Å². The first-order valence-corrected chi connectivity index (χ1v) is 7.22. The molecule has 0 fully saturated rings. The van der Waals surface area contributed by atoms with Crippen molar-refractivity contribution in [2.45, 2.75) is 24.7 Å². The summed E-state index contributed by atoms with van der Waals surface area (Å²) in [6.07, 6.45) is -14.4. The second kappa shape index (κ2) is 7.01. The molecule has 0 atom stereocenters. The van der Waals surface area contributed by atoms with Gasteiger partial charge in [-0.25, -0.2) is 35.1 Å². The topological polar surface area (TPSA) is 0 Å². The summed E-state index contributed by atoms with van der Waals surface area (Å²) >= 11 is 0. The third-order valence-electron chi connectivity index (χ3n) is 4.20. The SMILES string of the molecule is Cc1c(F)c(F)c(C(c2c(F)c(F)cc(F)c2F)(C(F)(F)F)C(F)(F)F)c(F)c1F. The van der Waals surface area contributed by atoms with Crippen LogP contribution in [0.5, 0.6) is 0 Å². The van der Waals surface area contributed by atoms with Gasteiger partial charge in [-0.2, -0.15) is 26.3 Å². The Kier molecular flexibility index (Phi) is 5.55. The largest absolute Gasteiger partial charge is 0.411 e. The van der Waals surface area contributed by atoms with E-state index >= 15 is 0 Å². The molecule has 0 bridgehead atoms. The minimum absolute atomic E-state index is 0.229. The lowest BCUT2D eigenvalue weighted by Gasteiger charge is -2.38. The predicted octanol–water partition coefficient (Wildman–Crippen LogP) is 6.52. The number of halogens is 14.